The fraction of sp³-hybridized carbons (Fsp3) is 0.105. The van der Waals surface area contributed by atoms with Crippen LogP contribution in [0.5, 0.6) is 0 Å². The van der Waals surface area contributed by atoms with Crippen LogP contribution in [0.2, 0.25) is 0 Å². The van der Waals surface area contributed by atoms with Gasteiger partial charge in [0.05, 0.1) is 91.8 Å². The summed E-state index contributed by atoms with van der Waals surface area (Å²) in [7, 11) is 1.74. The number of esters is 6. The Labute approximate surface area is 834 Å². The maximum Gasteiger partial charge on any atom is 0.338 e. The van der Waals surface area contributed by atoms with E-state index in [4.69, 9.17) is 87.1 Å². The first-order chi connectivity index (χ1) is 68.0. The number of rotatable bonds is 12. The molecule has 36 heteroatoms. The van der Waals surface area contributed by atoms with Gasteiger partial charge in [0.15, 0.2) is 33.4 Å². The Morgan fingerprint density at radius 2 is 0.674 bits per heavy atom. The molecule has 3 amide bonds. The molecule has 0 spiro atoms. The number of carbonyl (C=O) groups excluding carboxylic acids is 13. The zero-order chi connectivity index (χ0) is 98.1. The van der Waals surface area contributed by atoms with Crippen LogP contribution in [-0.4, -0.2) is 115 Å². The summed E-state index contributed by atoms with van der Waals surface area (Å²) in [4.78, 5) is 159. The van der Waals surface area contributed by atoms with E-state index in [0.29, 0.717) is 138 Å². The molecule has 0 radical (unpaired) electrons. The maximum atomic E-state index is 11.9. The van der Waals surface area contributed by atoms with Crippen LogP contribution in [0.1, 0.15) is 153 Å². The number of cyclic esters (lactones) is 6. The van der Waals surface area contributed by atoms with Gasteiger partial charge in [-0.1, -0.05) is 103 Å². The number of likely N-dealkylation sites (N-methyl/N-ethyl adjacent to an activating group) is 1. The molecule has 12 aromatic rings. The molecule has 698 valence electrons. The number of furan rings is 1. The van der Waals surface area contributed by atoms with Crippen LogP contribution in [0.15, 0.2) is 245 Å². The van der Waals surface area contributed by atoms with Crippen molar-refractivity contribution in [1.29, 1.82) is 5.41 Å². The average molecular weight is 2000 g/mol. The third-order valence-electron chi connectivity index (χ3n) is 23.5. The van der Waals surface area contributed by atoms with Gasteiger partial charge in [-0.2, -0.15) is 0 Å². The molecule has 29 nitrogen and oxygen atoms in total. The fourth-order valence-electron chi connectivity index (χ4n) is 16.3. The number of benzene rings is 8. The van der Waals surface area contributed by atoms with Gasteiger partial charge in [-0.05, 0) is 232 Å². The van der Waals surface area contributed by atoms with Crippen LogP contribution >= 0.6 is 82.9 Å². The Morgan fingerprint density at radius 3 is 1.06 bits per heavy atom. The second-order valence-corrected chi connectivity index (χ2v) is 38.1. The van der Waals surface area contributed by atoms with Crippen molar-refractivity contribution < 1.29 is 95.2 Å². The van der Waals surface area contributed by atoms with Crippen molar-refractivity contribution in [1.82, 2.24) is 42.1 Å². The third kappa shape index (κ3) is 20.9. The molecule has 141 heavy (non-hydrogen) atoms. The normalized spacial score (nSPS) is 18.0. The molecular weight excluding hydrogens is 1930 g/mol. The summed E-state index contributed by atoms with van der Waals surface area (Å²) < 4.78 is 35.9. The molecule has 0 aliphatic carbocycles. The highest BCUT2D eigenvalue weighted by molar-refractivity contribution is 7.81. The molecule has 0 atom stereocenters. The molecular formula is C105H71N9O20S7. The van der Waals surface area contributed by atoms with Gasteiger partial charge in [-0.25, -0.2) is 28.8 Å². The van der Waals surface area contributed by atoms with Gasteiger partial charge < -0.3 is 64.3 Å². The van der Waals surface area contributed by atoms with Gasteiger partial charge in [-0.15, -0.1) is 34.0 Å². The molecule has 6 fully saturated rings. The Hall–Kier alpha value is -16.5. The van der Waals surface area contributed by atoms with E-state index in [-0.39, 0.29) is 109 Å². The second-order valence-electron chi connectivity index (χ2n) is 32.9. The predicted molar refractivity (Wildman–Crippen MR) is 541 cm³/mol. The van der Waals surface area contributed by atoms with Crippen molar-refractivity contribution in [3.05, 3.63) is 339 Å². The Balaban J connectivity index is 0.000000108. The first-order valence-electron chi connectivity index (χ1n) is 43.3. The Bertz CT molecular complexity index is 7440. The van der Waals surface area contributed by atoms with Crippen molar-refractivity contribution in [2.75, 3.05) is 7.05 Å². The van der Waals surface area contributed by atoms with Gasteiger partial charge in [0.2, 0.25) is 5.91 Å². The molecule has 12 aliphatic rings. The number of nitrogens with one attached hydrogen (secondary N) is 8. The highest BCUT2D eigenvalue weighted by Gasteiger charge is 2.33. The predicted octanol–water partition coefficient (Wildman–Crippen LogP) is 16.7. The number of amidine groups is 1. The van der Waals surface area contributed by atoms with Crippen LogP contribution < -0.4 is 37.2 Å². The van der Waals surface area contributed by atoms with Gasteiger partial charge >= 0.3 is 35.8 Å². The van der Waals surface area contributed by atoms with E-state index >= 15 is 0 Å². The first-order valence-corrected chi connectivity index (χ1v) is 47.4. The van der Waals surface area contributed by atoms with E-state index in [2.05, 4.69) is 37.2 Å². The molecule has 8 aromatic carbocycles. The van der Waals surface area contributed by atoms with Crippen molar-refractivity contribution in [3.63, 3.8) is 0 Å². The third-order valence-corrected chi connectivity index (χ3v) is 27.6. The highest BCUT2D eigenvalue weighted by atomic mass is 32.1. The zero-order valence-corrected chi connectivity index (χ0v) is 79.4. The molecule has 6 saturated heterocycles. The van der Waals surface area contributed by atoms with Crippen LogP contribution in [0.25, 0.3) is 101 Å². The topological polar surface area (TPSA) is 402 Å². The van der Waals surface area contributed by atoms with Crippen molar-refractivity contribution in [2.24, 2.45) is 0 Å². The number of amides is 3. The van der Waals surface area contributed by atoms with E-state index in [9.17, 15) is 62.3 Å². The summed E-state index contributed by atoms with van der Waals surface area (Å²) in [6.07, 6.45) is 11.1. The molecule has 4 aromatic heterocycles. The number of nitrogens with zero attached hydrogens (tertiary/aromatic N) is 1. The number of ether oxygens (including phenoxy) is 6. The van der Waals surface area contributed by atoms with Crippen molar-refractivity contribution >= 4 is 222 Å². The minimum Gasteiger partial charge on any atom is -0.457 e. The second kappa shape index (κ2) is 39.9. The van der Waals surface area contributed by atoms with Crippen molar-refractivity contribution in [2.45, 2.75) is 65.3 Å². The van der Waals surface area contributed by atoms with Crippen LogP contribution in [0.4, 0.5) is 0 Å². The maximum absolute atomic E-state index is 11.9. The molecule has 24 rings (SSSR count). The number of fused-ring (bicyclic) bond motifs is 6. The highest BCUT2D eigenvalue weighted by Crippen LogP contribution is 2.40. The average Bonchev–Trinajstić information content (AvgIpc) is 1.72. The number of likely N-dealkylation sites (tertiary alicyclic amines) is 1. The molecule has 0 unspecified atom stereocenters. The van der Waals surface area contributed by atoms with Crippen LogP contribution in [0, 0.1) is 5.41 Å². The van der Waals surface area contributed by atoms with Crippen molar-refractivity contribution in [3.8, 4) is 64.9 Å². The van der Waals surface area contributed by atoms with Gasteiger partial charge in [0.1, 0.15) is 68.4 Å². The minimum absolute atomic E-state index is 0.0226. The molecule has 16 heterocycles. The van der Waals surface area contributed by atoms with Crippen LogP contribution in [0.3, 0.4) is 0 Å². The summed E-state index contributed by atoms with van der Waals surface area (Å²) in [6, 6.07) is 64.7. The van der Waals surface area contributed by atoms with Gasteiger partial charge in [0, 0.05) is 81.3 Å². The molecule has 12 aliphatic heterocycles. The SMILES string of the molecule is CN1C(=N)CC(=O)/C1=C\c1ccc(-c2ccc3c(c2)COC3=O)s1.O=C1CC(=O)/C(=C\c2ccc(-c3ccc4c(c3)COC4=O)s2)N1.O=C1CC(=S)N/C1=C/c1ccc(-c2ccc3c(c2)COC3=O)o1.O=C1CC(=S)N/C1=C/c1ccc(-c2ccc3c(c2)COC3=O)s1.O=C1NC(=S)N/C1=C\c1ccc(-c2ccc3c(c2)COC3=O)cc1.O=C1NC(=S)N/C1=C\c1cccc(-c2ccc3c(c2)COC3=O)c1. The summed E-state index contributed by atoms with van der Waals surface area (Å²) >= 11 is 24.5. The van der Waals surface area contributed by atoms with Gasteiger partial charge in [0.25, 0.3) is 11.8 Å². The number of hydrogen-bond acceptors (Lipinski definition) is 28. The number of ketones is 4. The summed E-state index contributed by atoms with van der Waals surface area (Å²) in [5.74, 6) is -1.04. The number of carbonyl (C=O) groups is 13. The molecule has 0 bridgehead atoms. The lowest BCUT2D eigenvalue weighted by Crippen LogP contribution is -2.21. The minimum atomic E-state index is -0.293. The van der Waals surface area contributed by atoms with Crippen LogP contribution in [-0.2, 0) is 102 Å². The molecule has 0 saturated carbocycles. The van der Waals surface area contributed by atoms with E-state index in [1.54, 1.807) is 101 Å². The number of allylic oxidation sites excluding steroid dienone is 4. The Kier molecular flexibility index (Phi) is 26.5. The van der Waals surface area contributed by atoms with E-state index in [0.717, 1.165) is 118 Å². The van der Waals surface area contributed by atoms with Gasteiger partial charge in [-0.3, -0.25) is 49.6 Å². The lowest BCUT2D eigenvalue weighted by molar-refractivity contribution is -0.122. The quantitative estimate of drug-likeness (QED) is 0.0185. The lowest BCUT2D eigenvalue weighted by Gasteiger charge is -2.10. The smallest absolute Gasteiger partial charge is 0.338 e. The summed E-state index contributed by atoms with van der Waals surface area (Å²) in [5, 5.41) is 27.4. The fourth-order valence-corrected chi connectivity index (χ4v) is 20.0. The first kappa shape index (κ1) is 93.5. The number of thiocarbonyl (C=S) groups is 4. The monoisotopic (exact) mass is 2000 g/mol. The largest absolute Gasteiger partial charge is 0.457 e. The number of thiophene rings is 3. The number of hydrogen-bond donors (Lipinski definition) is 8. The summed E-state index contributed by atoms with van der Waals surface area (Å²) in [5.41, 5.74) is 21.6. The molecule has 8 N–H and O–H groups in total. The standard InChI is InChI=1S/C18H14N2O3S.2C18H12N2O3S.2C17H11NO4S.C17H11NO3S2/c1-20-14(15(21)8-17(20)19)7-12-3-5-16(24-12)10-2-4-13-11(6-10)9-23-18(13)22;21-16-15(19-18(24)20-16)7-10-1-3-11(4-2-10)12-5-6-14-13(8-12)9-23-17(14)22;21-16-15(19-18(24)20-16)7-10-2-1-3-11(6-10)12-4-5-14-13(8-12)9-23-17(14)22;19-14-7-16(23)18-13(14)6-11-2-4-15(22-11)9-1-3-12-10(5-9)8-21-17(12)20;19-14-7-16(20)18-13(14)6-11-2-4-15(23-11)9-1-3-12-10(5-9)8-22-17(12)21;19-14-7-16(22)18-13(14)6-11-2-4-15(23-11)9-1-3-12-10(5-9)8-21-17(12)20/h2-7,19H,8-9H2,1H3;2*1-8H,9H2,(H2,19,20,21,24);1-6H,7-8H2,(H,18,23);1-6H,7-8H2,(H,18,20);1-6H,7-8H2,(H,18,22)/b14-7+,19-17?;2*15-7-;3*13-6+. The van der Waals surface area contributed by atoms with E-state index in [1.165, 1.54) is 11.3 Å². The van der Waals surface area contributed by atoms with E-state index < -0.39 is 0 Å². The lowest BCUT2D eigenvalue weighted by atomic mass is 9.99. The summed E-state index contributed by atoms with van der Waals surface area (Å²) in [6.45, 7) is 1.90. The Morgan fingerprint density at radius 1 is 0.312 bits per heavy atom. The zero-order valence-electron chi connectivity index (χ0n) is 73.6. The number of Topliss-reactive ketones (excluding diaryl/α,β-unsaturated/α-hetero) is 4. The van der Waals surface area contributed by atoms with E-state index in [1.807, 2.05) is 176 Å².